The van der Waals surface area contributed by atoms with E-state index < -0.39 is 15.5 Å². The topological polar surface area (TPSA) is 96.7 Å². The highest BCUT2D eigenvalue weighted by Gasteiger charge is 2.34. The van der Waals surface area contributed by atoms with Crippen LogP contribution in [0.15, 0.2) is 22.9 Å². The van der Waals surface area contributed by atoms with Crippen molar-refractivity contribution in [1.82, 2.24) is 4.98 Å². The Balaban J connectivity index is 2.43. The first-order chi connectivity index (χ1) is 7.56. The molecule has 1 aliphatic carbocycles. The molecule has 1 aromatic heterocycles. The fourth-order valence-electron chi connectivity index (χ4n) is 1.54. The van der Waals surface area contributed by atoms with Crippen LogP contribution in [0.25, 0.3) is 0 Å². The molecule has 1 heterocycles. The summed E-state index contributed by atoms with van der Waals surface area (Å²) in [6.45, 7) is 0. The van der Waals surface area contributed by atoms with E-state index in [-0.39, 0.29) is 11.5 Å². The summed E-state index contributed by atoms with van der Waals surface area (Å²) in [4.78, 5) is 14.2. The van der Waals surface area contributed by atoms with Gasteiger partial charge >= 0.3 is 10.0 Å². The molecule has 0 bridgehead atoms. The van der Waals surface area contributed by atoms with E-state index in [0.29, 0.717) is 5.69 Å². The molecule has 1 fully saturated rings. The molecular formula is C9H10N2O4S. The molecule has 0 aliphatic heterocycles. The zero-order valence-corrected chi connectivity index (χ0v) is 9.09. The average Bonchev–Trinajstić information content (AvgIpc) is 3.12. The van der Waals surface area contributed by atoms with Gasteiger partial charge in [-0.05, 0) is 18.9 Å². The minimum atomic E-state index is -4.39. The zero-order valence-electron chi connectivity index (χ0n) is 8.28. The molecule has 86 valence electrons. The van der Waals surface area contributed by atoms with Crippen molar-refractivity contribution in [1.29, 1.82) is 0 Å². The molecule has 0 saturated heterocycles. The monoisotopic (exact) mass is 242 g/mol. The van der Waals surface area contributed by atoms with Crippen LogP contribution in [0.4, 0.5) is 0 Å². The maximum atomic E-state index is 11.1. The molecular weight excluding hydrogens is 232 g/mol. The maximum absolute atomic E-state index is 11.1. The van der Waals surface area contributed by atoms with Crippen LogP contribution in [0.3, 0.4) is 0 Å². The summed E-state index contributed by atoms with van der Waals surface area (Å²) >= 11 is 0. The highest BCUT2D eigenvalue weighted by Crippen LogP contribution is 2.42. The highest BCUT2D eigenvalue weighted by atomic mass is 32.2. The zero-order chi connectivity index (χ0) is 11.8. The van der Waals surface area contributed by atoms with Crippen LogP contribution in [0, 0.1) is 4.91 Å². The van der Waals surface area contributed by atoms with Gasteiger partial charge in [-0.15, -0.1) is 4.91 Å². The lowest BCUT2D eigenvalue weighted by Gasteiger charge is -2.10. The van der Waals surface area contributed by atoms with Gasteiger partial charge in [0.25, 0.3) is 0 Å². The summed E-state index contributed by atoms with van der Waals surface area (Å²) in [5.74, 6) is 0.188. The Morgan fingerprint density at radius 1 is 1.50 bits per heavy atom. The van der Waals surface area contributed by atoms with E-state index >= 15 is 0 Å². The van der Waals surface area contributed by atoms with E-state index in [1.807, 2.05) is 4.58 Å². The number of aliphatic hydroxyl groups is 1. The lowest BCUT2D eigenvalue weighted by atomic mass is 10.1. The van der Waals surface area contributed by atoms with Gasteiger partial charge in [-0.3, -0.25) is 4.98 Å². The van der Waals surface area contributed by atoms with Gasteiger partial charge in [0.05, 0.1) is 10.3 Å². The van der Waals surface area contributed by atoms with Crippen LogP contribution >= 0.6 is 0 Å². The Hall–Kier alpha value is -1.34. The van der Waals surface area contributed by atoms with E-state index in [0.717, 1.165) is 12.8 Å². The third-order valence-corrected chi connectivity index (χ3v) is 3.51. The normalized spacial score (nSPS) is 18.1. The maximum Gasteiger partial charge on any atom is 0.319 e. The average molecular weight is 242 g/mol. The van der Waals surface area contributed by atoms with E-state index in [2.05, 4.69) is 4.98 Å². The van der Waals surface area contributed by atoms with Crippen molar-refractivity contribution in [3.05, 3.63) is 34.5 Å². The van der Waals surface area contributed by atoms with Crippen molar-refractivity contribution in [2.24, 2.45) is 4.58 Å². The summed E-state index contributed by atoms with van der Waals surface area (Å²) in [7, 11) is -4.39. The second-order valence-corrected chi connectivity index (χ2v) is 5.32. The Morgan fingerprint density at radius 2 is 2.19 bits per heavy atom. The van der Waals surface area contributed by atoms with Crippen LogP contribution in [-0.2, 0) is 10.0 Å². The molecule has 0 amide bonds. The van der Waals surface area contributed by atoms with Crippen molar-refractivity contribution < 1.29 is 13.5 Å². The summed E-state index contributed by atoms with van der Waals surface area (Å²) < 4.78 is 24.2. The molecule has 0 aromatic carbocycles. The Kier molecular flexibility index (Phi) is 2.73. The van der Waals surface area contributed by atoms with Crippen molar-refractivity contribution in [2.45, 2.75) is 24.2 Å². The molecule has 6 nitrogen and oxygen atoms in total. The van der Waals surface area contributed by atoms with Crippen molar-refractivity contribution >= 4 is 10.0 Å². The Morgan fingerprint density at radius 3 is 2.75 bits per heavy atom. The van der Waals surface area contributed by atoms with Crippen molar-refractivity contribution in [3.63, 3.8) is 0 Å². The van der Waals surface area contributed by atoms with Crippen LogP contribution in [0.2, 0.25) is 0 Å². The number of sulfonamides is 1. The van der Waals surface area contributed by atoms with Gasteiger partial charge in [0.15, 0.2) is 0 Å². The summed E-state index contributed by atoms with van der Waals surface area (Å²) in [5, 5.41) is 9.58. The standard InChI is InChI=1S/C9H10N2O4S/c12-9(16(14,15)11-13)7-2-1-5-10-8(7)6-3-4-6/h1-2,5-6,9,12H,3-4H2. The summed E-state index contributed by atoms with van der Waals surface area (Å²) in [5.41, 5.74) is -1.21. The van der Waals surface area contributed by atoms with Crippen LogP contribution < -0.4 is 0 Å². The molecule has 0 spiro atoms. The molecule has 1 saturated carbocycles. The van der Waals surface area contributed by atoms with Crippen molar-refractivity contribution in [3.8, 4) is 0 Å². The van der Waals surface area contributed by atoms with Crippen LogP contribution in [0.1, 0.15) is 35.5 Å². The van der Waals surface area contributed by atoms with Crippen LogP contribution in [-0.4, -0.2) is 18.5 Å². The number of rotatable bonds is 4. The lowest BCUT2D eigenvalue weighted by molar-refractivity contribution is 0.253. The number of hydrogen-bond acceptors (Lipinski definition) is 5. The van der Waals surface area contributed by atoms with Crippen molar-refractivity contribution in [2.75, 3.05) is 0 Å². The fourth-order valence-corrected chi connectivity index (χ4v) is 2.14. The van der Waals surface area contributed by atoms with Gasteiger partial charge in [0.2, 0.25) is 5.44 Å². The van der Waals surface area contributed by atoms with Gasteiger partial charge in [0, 0.05) is 17.7 Å². The van der Waals surface area contributed by atoms with E-state index in [4.69, 9.17) is 0 Å². The smallest absolute Gasteiger partial charge is 0.319 e. The van der Waals surface area contributed by atoms with E-state index in [9.17, 15) is 18.4 Å². The number of aliphatic hydroxyl groups excluding tert-OH is 1. The molecule has 1 unspecified atom stereocenters. The summed E-state index contributed by atoms with van der Waals surface area (Å²) in [6.07, 6.45) is 3.38. The number of nitrogens with zero attached hydrogens (tertiary/aromatic N) is 2. The van der Waals surface area contributed by atoms with Gasteiger partial charge in [-0.2, -0.15) is 8.42 Å². The Labute approximate surface area is 92.4 Å². The minimum Gasteiger partial charge on any atom is -0.372 e. The number of aromatic nitrogens is 1. The first-order valence-electron chi connectivity index (χ1n) is 4.77. The highest BCUT2D eigenvalue weighted by molar-refractivity contribution is 7.90. The molecule has 7 heteroatoms. The fraction of sp³-hybridized carbons (Fsp3) is 0.444. The predicted octanol–water partition coefficient (Wildman–Crippen LogP) is 1.05. The van der Waals surface area contributed by atoms with Crippen LogP contribution in [0.5, 0.6) is 0 Å². The van der Waals surface area contributed by atoms with Gasteiger partial charge in [-0.25, -0.2) is 0 Å². The molecule has 2 rings (SSSR count). The first-order valence-corrected chi connectivity index (χ1v) is 6.28. The number of nitroso groups, excluding NO2 is 1. The lowest BCUT2D eigenvalue weighted by Crippen LogP contribution is -2.12. The first kappa shape index (κ1) is 11.2. The van der Waals surface area contributed by atoms with E-state index in [1.54, 1.807) is 0 Å². The molecule has 0 radical (unpaired) electrons. The largest absolute Gasteiger partial charge is 0.372 e. The minimum absolute atomic E-state index is 0.157. The number of hydrogen-bond donors (Lipinski definition) is 1. The Bertz CT molecular complexity index is 510. The third kappa shape index (κ3) is 1.96. The summed E-state index contributed by atoms with van der Waals surface area (Å²) in [6, 6.07) is 2.97. The SMILES string of the molecule is O=NS(=O)(=O)C(O)c1cccnc1C1CC1. The molecule has 1 N–H and O–H groups in total. The molecule has 1 atom stereocenters. The second-order valence-electron chi connectivity index (χ2n) is 3.69. The van der Waals surface area contributed by atoms with E-state index in [1.165, 1.54) is 18.3 Å². The third-order valence-electron chi connectivity index (χ3n) is 2.49. The molecule has 1 aromatic rings. The number of pyridine rings is 1. The van der Waals surface area contributed by atoms with Gasteiger partial charge in [0.1, 0.15) is 0 Å². The molecule has 16 heavy (non-hydrogen) atoms. The van der Waals surface area contributed by atoms with Gasteiger partial charge in [-0.1, -0.05) is 6.07 Å². The quantitative estimate of drug-likeness (QED) is 0.796. The second kappa shape index (κ2) is 3.91. The predicted molar refractivity (Wildman–Crippen MR) is 55.9 cm³/mol. The van der Waals surface area contributed by atoms with Gasteiger partial charge < -0.3 is 5.11 Å². The molecule has 1 aliphatic rings.